The van der Waals surface area contributed by atoms with Crippen LogP contribution in [0.4, 0.5) is 0 Å². The third-order valence-electron chi connectivity index (χ3n) is 3.15. The summed E-state index contributed by atoms with van der Waals surface area (Å²) in [6.07, 6.45) is 4.24. The Morgan fingerprint density at radius 2 is 1.89 bits per heavy atom. The predicted octanol–water partition coefficient (Wildman–Crippen LogP) is 0.503. The lowest BCUT2D eigenvalue weighted by atomic mass is 10.2. The van der Waals surface area contributed by atoms with Crippen molar-refractivity contribution in [2.45, 2.75) is 45.6 Å². The lowest BCUT2D eigenvalue weighted by molar-refractivity contribution is -0.129. The molecule has 1 heterocycles. The molecule has 0 aromatic heterocycles. The molecule has 0 radical (unpaired) electrons. The van der Waals surface area contributed by atoms with Gasteiger partial charge in [-0.25, -0.2) is 0 Å². The van der Waals surface area contributed by atoms with Crippen molar-refractivity contribution in [1.29, 1.82) is 0 Å². The van der Waals surface area contributed by atoms with Gasteiger partial charge in [-0.2, -0.15) is 0 Å². The minimum Gasteiger partial charge on any atom is -0.353 e. The van der Waals surface area contributed by atoms with Gasteiger partial charge in [-0.15, -0.1) is 0 Å². The highest BCUT2D eigenvalue weighted by atomic mass is 16.2. The van der Waals surface area contributed by atoms with Crippen molar-refractivity contribution in [2.75, 3.05) is 26.2 Å². The van der Waals surface area contributed by atoms with Crippen molar-refractivity contribution < 1.29 is 9.59 Å². The van der Waals surface area contributed by atoms with E-state index in [-0.39, 0.29) is 30.9 Å². The van der Waals surface area contributed by atoms with E-state index in [9.17, 15) is 9.59 Å². The Balaban J connectivity index is 2.09. The molecule has 2 amide bonds. The van der Waals surface area contributed by atoms with Crippen LogP contribution < -0.4 is 10.6 Å². The van der Waals surface area contributed by atoms with Gasteiger partial charge in [0.05, 0.1) is 13.1 Å². The molecule has 5 heteroatoms. The third-order valence-corrected chi connectivity index (χ3v) is 3.15. The average Bonchev–Trinajstić information content (AvgIpc) is 2.82. The number of amides is 2. The van der Waals surface area contributed by atoms with E-state index >= 15 is 0 Å². The molecular weight excluding hydrogens is 230 g/mol. The van der Waals surface area contributed by atoms with Gasteiger partial charge in [-0.05, 0) is 26.2 Å². The highest BCUT2D eigenvalue weighted by Gasteiger charge is 2.17. The second-order valence-corrected chi connectivity index (χ2v) is 4.95. The average molecular weight is 255 g/mol. The topological polar surface area (TPSA) is 61.4 Å². The summed E-state index contributed by atoms with van der Waals surface area (Å²) in [6, 6.07) is 0.207. The van der Waals surface area contributed by atoms with Crippen LogP contribution in [0, 0.1) is 0 Å². The van der Waals surface area contributed by atoms with Gasteiger partial charge in [0.1, 0.15) is 0 Å². The van der Waals surface area contributed by atoms with Crippen LogP contribution in [0.15, 0.2) is 0 Å². The molecule has 0 aliphatic carbocycles. The van der Waals surface area contributed by atoms with Gasteiger partial charge in [-0.3, -0.25) is 14.9 Å². The molecule has 2 N–H and O–H groups in total. The highest BCUT2D eigenvalue weighted by Crippen LogP contribution is 2.06. The molecule has 1 fully saturated rings. The molecule has 0 aromatic rings. The molecule has 5 nitrogen and oxygen atoms in total. The zero-order valence-electron chi connectivity index (χ0n) is 11.5. The summed E-state index contributed by atoms with van der Waals surface area (Å²) in [5.41, 5.74) is 0. The zero-order chi connectivity index (χ0) is 13.4. The molecule has 1 atom stereocenters. The van der Waals surface area contributed by atoms with Crippen molar-refractivity contribution in [1.82, 2.24) is 15.5 Å². The zero-order valence-corrected chi connectivity index (χ0v) is 11.5. The SMILES string of the molecule is CCCC(C)NC(=O)CNCC(=O)N1CCCC1. The van der Waals surface area contributed by atoms with Crippen LogP contribution in [-0.4, -0.2) is 48.9 Å². The summed E-state index contributed by atoms with van der Waals surface area (Å²) in [5, 5.41) is 5.80. The Hall–Kier alpha value is -1.10. The van der Waals surface area contributed by atoms with Gasteiger partial charge in [0.2, 0.25) is 11.8 Å². The number of hydrogen-bond acceptors (Lipinski definition) is 3. The summed E-state index contributed by atoms with van der Waals surface area (Å²) in [6.45, 7) is 6.29. The monoisotopic (exact) mass is 255 g/mol. The number of carbonyl (C=O) groups excluding carboxylic acids is 2. The van der Waals surface area contributed by atoms with Crippen LogP contribution in [0.1, 0.15) is 39.5 Å². The van der Waals surface area contributed by atoms with Gasteiger partial charge in [0, 0.05) is 19.1 Å². The second kappa shape index (κ2) is 8.08. The Morgan fingerprint density at radius 1 is 1.22 bits per heavy atom. The highest BCUT2D eigenvalue weighted by molar-refractivity contribution is 5.81. The lowest BCUT2D eigenvalue weighted by Gasteiger charge is -2.16. The normalized spacial score (nSPS) is 16.7. The number of likely N-dealkylation sites (tertiary alicyclic amines) is 1. The van der Waals surface area contributed by atoms with Crippen molar-refractivity contribution in [3.8, 4) is 0 Å². The van der Waals surface area contributed by atoms with E-state index in [0.717, 1.165) is 38.8 Å². The lowest BCUT2D eigenvalue weighted by Crippen LogP contribution is -2.42. The number of rotatable bonds is 7. The van der Waals surface area contributed by atoms with Crippen molar-refractivity contribution in [3.05, 3.63) is 0 Å². The molecule has 0 bridgehead atoms. The van der Waals surface area contributed by atoms with Gasteiger partial charge >= 0.3 is 0 Å². The van der Waals surface area contributed by atoms with Crippen LogP contribution in [0.2, 0.25) is 0 Å². The summed E-state index contributed by atoms with van der Waals surface area (Å²) in [5.74, 6) is 0.0621. The fraction of sp³-hybridized carbons (Fsp3) is 0.846. The molecule has 18 heavy (non-hydrogen) atoms. The predicted molar refractivity (Wildman–Crippen MR) is 71.2 cm³/mol. The summed E-state index contributed by atoms with van der Waals surface area (Å²) in [4.78, 5) is 25.1. The Bertz CT molecular complexity index is 275. The van der Waals surface area contributed by atoms with Crippen LogP contribution in [0.5, 0.6) is 0 Å². The smallest absolute Gasteiger partial charge is 0.236 e. The maximum absolute atomic E-state index is 11.7. The van der Waals surface area contributed by atoms with Gasteiger partial charge in [0.15, 0.2) is 0 Å². The van der Waals surface area contributed by atoms with Crippen molar-refractivity contribution in [3.63, 3.8) is 0 Å². The van der Waals surface area contributed by atoms with Crippen LogP contribution in [0.3, 0.4) is 0 Å². The molecule has 104 valence electrons. The maximum Gasteiger partial charge on any atom is 0.236 e. The third kappa shape index (κ3) is 5.49. The molecule has 1 unspecified atom stereocenters. The van der Waals surface area contributed by atoms with E-state index in [2.05, 4.69) is 17.6 Å². The molecule has 1 aliphatic heterocycles. The first-order chi connectivity index (χ1) is 8.63. The quantitative estimate of drug-likeness (QED) is 0.696. The Morgan fingerprint density at radius 3 is 2.50 bits per heavy atom. The van der Waals surface area contributed by atoms with Crippen LogP contribution in [0.25, 0.3) is 0 Å². The van der Waals surface area contributed by atoms with E-state index in [1.165, 1.54) is 0 Å². The Labute approximate surface area is 109 Å². The van der Waals surface area contributed by atoms with E-state index in [0.29, 0.717) is 0 Å². The number of hydrogen-bond donors (Lipinski definition) is 2. The van der Waals surface area contributed by atoms with Gasteiger partial charge in [0.25, 0.3) is 0 Å². The molecule has 0 saturated carbocycles. The number of nitrogens with zero attached hydrogens (tertiary/aromatic N) is 1. The fourth-order valence-corrected chi connectivity index (χ4v) is 2.19. The standard InChI is InChI=1S/C13H25N3O2/c1-3-6-11(2)15-12(17)9-14-10-13(18)16-7-4-5-8-16/h11,14H,3-10H2,1-2H3,(H,15,17). The number of nitrogens with one attached hydrogen (secondary N) is 2. The first-order valence-electron chi connectivity index (χ1n) is 6.91. The van der Waals surface area contributed by atoms with Gasteiger partial charge in [-0.1, -0.05) is 13.3 Å². The van der Waals surface area contributed by atoms with Crippen LogP contribution in [-0.2, 0) is 9.59 Å². The fourth-order valence-electron chi connectivity index (χ4n) is 2.19. The molecule has 1 aliphatic rings. The molecule has 1 rings (SSSR count). The molecule has 1 saturated heterocycles. The minimum absolute atomic E-state index is 0.0369. The summed E-state index contributed by atoms with van der Waals surface area (Å²) in [7, 11) is 0. The molecular formula is C13H25N3O2. The second-order valence-electron chi connectivity index (χ2n) is 4.95. The van der Waals surface area contributed by atoms with E-state index in [1.807, 2.05) is 11.8 Å². The maximum atomic E-state index is 11.7. The molecule has 0 spiro atoms. The largest absolute Gasteiger partial charge is 0.353 e. The summed E-state index contributed by atoms with van der Waals surface area (Å²) < 4.78 is 0. The van der Waals surface area contributed by atoms with E-state index in [4.69, 9.17) is 0 Å². The van der Waals surface area contributed by atoms with E-state index in [1.54, 1.807) is 0 Å². The van der Waals surface area contributed by atoms with Gasteiger partial charge < -0.3 is 10.2 Å². The first kappa shape index (κ1) is 15.0. The summed E-state index contributed by atoms with van der Waals surface area (Å²) >= 11 is 0. The molecule has 0 aromatic carbocycles. The number of carbonyl (C=O) groups is 2. The first-order valence-corrected chi connectivity index (χ1v) is 6.91. The minimum atomic E-state index is -0.0369. The Kier molecular flexibility index (Phi) is 6.72. The van der Waals surface area contributed by atoms with Crippen LogP contribution >= 0.6 is 0 Å². The van der Waals surface area contributed by atoms with Crippen molar-refractivity contribution >= 4 is 11.8 Å². The van der Waals surface area contributed by atoms with E-state index < -0.39 is 0 Å². The van der Waals surface area contributed by atoms with Crippen molar-refractivity contribution in [2.24, 2.45) is 0 Å².